The van der Waals surface area contributed by atoms with Crippen LogP contribution in [0.1, 0.15) is 5.56 Å². The second-order valence-corrected chi connectivity index (χ2v) is 8.87. The summed E-state index contributed by atoms with van der Waals surface area (Å²) in [6, 6.07) is 12.9. The molecule has 0 aliphatic carbocycles. The lowest BCUT2D eigenvalue weighted by atomic mass is 10.1. The topological polar surface area (TPSA) is 84.9 Å². The van der Waals surface area contributed by atoms with E-state index in [4.69, 9.17) is 21.7 Å². The van der Waals surface area contributed by atoms with Crippen LogP contribution in [0.3, 0.4) is 0 Å². The van der Waals surface area contributed by atoms with E-state index in [9.17, 15) is 13.2 Å². The number of thioether (sulfide) groups is 1. The normalized spacial score (nSPS) is 15.9. The molecule has 1 aliphatic rings. The van der Waals surface area contributed by atoms with Crippen molar-refractivity contribution in [2.24, 2.45) is 0 Å². The Labute approximate surface area is 172 Å². The van der Waals surface area contributed by atoms with Gasteiger partial charge in [0.1, 0.15) is 11.5 Å². The van der Waals surface area contributed by atoms with Crippen molar-refractivity contribution in [3.05, 3.63) is 59.0 Å². The number of carbonyl (C=O) groups excluding carboxylic acids is 1. The average molecular weight is 437 g/mol. The highest BCUT2D eigenvalue weighted by molar-refractivity contribution is 8.26. The highest BCUT2D eigenvalue weighted by atomic mass is 32.2. The molecule has 1 saturated heterocycles. The zero-order valence-electron chi connectivity index (χ0n) is 14.9. The Morgan fingerprint density at radius 1 is 1.11 bits per heavy atom. The second-order valence-electron chi connectivity index (χ2n) is 5.53. The molecule has 0 spiro atoms. The van der Waals surface area contributed by atoms with E-state index in [1.807, 2.05) is 0 Å². The van der Waals surface area contributed by atoms with Gasteiger partial charge in [0.25, 0.3) is 15.9 Å². The first-order valence-electron chi connectivity index (χ1n) is 7.93. The van der Waals surface area contributed by atoms with E-state index in [1.54, 1.807) is 49.6 Å². The summed E-state index contributed by atoms with van der Waals surface area (Å²) in [5, 5.41) is 0.851. The molecule has 1 aliphatic heterocycles. The number of thiocarbonyl (C=S) groups is 1. The number of amides is 1. The third-order valence-corrected chi connectivity index (χ3v) is 6.40. The number of rotatable bonds is 6. The minimum Gasteiger partial charge on any atom is -0.497 e. The van der Waals surface area contributed by atoms with E-state index in [-0.39, 0.29) is 14.1 Å². The highest BCUT2D eigenvalue weighted by Gasteiger charge is 2.35. The van der Waals surface area contributed by atoms with Gasteiger partial charge in [-0.25, -0.2) is 13.4 Å². The summed E-state index contributed by atoms with van der Waals surface area (Å²) < 4.78 is 35.5. The van der Waals surface area contributed by atoms with Crippen LogP contribution in [-0.4, -0.2) is 37.9 Å². The van der Waals surface area contributed by atoms with E-state index < -0.39 is 15.9 Å². The van der Waals surface area contributed by atoms with Crippen LogP contribution < -0.4 is 14.3 Å². The van der Waals surface area contributed by atoms with E-state index in [0.717, 1.165) is 16.8 Å². The first-order chi connectivity index (χ1) is 13.4. The van der Waals surface area contributed by atoms with E-state index in [0.29, 0.717) is 17.1 Å². The summed E-state index contributed by atoms with van der Waals surface area (Å²) >= 11 is 6.18. The Hall–Kier alpha value is -2.40. The van der Waals surface area contributed by atoms with Gasteiger partial charge in [-0.05, 0) is 30.3 Å². The Balaban J connectivity index is 1.87. The van der Waals surface area contributed by atoms with Crippen LogP contribution in [0, 0.1) is 0 Å². The second kappa shape index (κ2) is 8.31. The van der Waals surface area contributed by atoms with Crippen molar-refractivity contribution in [3.63, 3.8) is 0 Å². The molecule has 1 fully saturated rings. The average Bonchev–Trinajstić information content (AvgIpc) is 2.96. The van der Waals surface area contributed by atoms with Crippen LogP contribution in [0.4, 0.5) is 0 Å². The van der Waals surface area contributed by atoms with Gasteiger partial charge in [0.15, 0.2) is 4.32 Å². The maximum atomic E-state index is 12.7. The molecular formula is C18H16N2O5S3. The van der Waals surface area contributed by atoms with Gasteiger partial charge in [-0.3, -0.25) is 4.79 Å². The van der Waals surface area contributed by atoms with Crippen LogP contribution in [0.25, 0.3) is 6.08 Å². The standard InChI is InChI=1S/C18H16N2O5S3/c1-24-13-9-8-12(15(11-13)25-2)10-16-17(21)20(18(26)27-16)19-28(22,23)14-6-4-3-5-7-14/h3-11,19H,1-2H3/b16-10+. The van der Waals surface area contributed by atoms with Gasteiger partial charge >= 0.3 is 0 Å². The number of hydrogen-bond donors (Lipinski definition) is 1. The molecule has 0 aromatic heterocycles. The van der Waals surface area contributed by atoms with Crippen molar-refractivity contribution >= 4 is 50.3 Å². The smallest absolute Gasteiger partial charge is 0.281 e. The fourth-order valence-corrected chi connectivity index (χ4v) is 4.72. The first-order valence-corrected chi connectivity index (χ1v) is 10.6. The molecule has 0 radical (unpaired) electrons. The fourth-order valence-electron chi connectivity index (χ4n) is 2.40. The molecule has 146 valence electrons. The summed E-state index contributed by atoms with van der Waals surface area (Å²) in [4.78, 5) is 15.2. The van der Waals surface area contributed by atoms with Crippen LogP contribution in [-0.2, 0) is 14.8 Å². The van der Waals surface area contributed by atoms with Crippen LogP contribution >= 0.6 is 24.0 Å². The molecule has 2 aromatic rings. The number of carbonyl (C=O) groups is 1. The molecule has 2 aromatic carbocycles. The highest BCUT2D eigenvalue weighted by Crippen LogP contribution is 2.34. The van der Waals surface area contributed by atoms with Crippen molar-refractivity contribution in [2.45, 2.75) is 4.90 Å². The third-order valence-electron chi connectivity index (χ3n) is 3.79. The lowest BCUT2D eigenvalue weighted by molar-refractivity contribution is -0.123. The molecule has 0 atom stereocenters. The molecule has 3 rings (SSSR count). The Morgan fingerprint density at radius 3 is 2.46 bits per heavy atom. The molecule has 1 heterocycles. The zero-order chi connectivity index (χ0) is 20.3. The van der Waals surface area contributed by atoms with Crippen molar-refractivity contribution in [2.75, 3.05) is 14.2 Å². The number of methoxy groups -OCH3 is 2. The van der Waals surface area contributed by atoms with E-state index in [1.165, 1.54) is 19.2 Å². The summed E-state index contributed by atoms with van der Waals surface area (Å²) in [5.74, 6) is 0.555. The van der Waals surface area contributed by atoms with Crippen LogP contribution in [0.15, 0.2) is 58.3 Å². The van der Waals surface area contributed by atoms with Gasteiger partial charge in [0, 0.05) is 11.6 Å². The van der Waals surface area contributed by atoms with Crippen molar-refractivity contribution in [1.82, 2.24) is 9.84 Å². The molecule has 1 amide bonds. The molecule has 1 N–H and O–H groups in total. The number of benzene rings is 2. The quantitative estimate of drug-likeness (QED) is 0.551. The van der Waals surface area contributed by atoms with E-state index in [2.05, 4.69) is 4.83 Å². The number of nitrogens with one attached hydrogen (secondary N) is 1. The van der Waals surface area contributed by atoms with Gasteiger partial charge < -0.3 is 9.47 Å². The van der Waals surface area contributed by atoms with Gasteiger partial charge in [0.2, 0.25) is 0 Å². The van der Waals surface area contributed by atoms with Gasteiger partial charge in [-0.15, -0.1) is 4.83 Å². The molecule has 0 saturated carbocycles. The van der Waals surface area contributed by atoms with Crippen molar-refractivity contribution < 1.29 is 22.7 Å². The van der Waals surface area contributed by atoms with Gasteiger partial charge in [-0.1, -0.05) is 42.2 Å². The maximum absolute atomic E-state index is 12.7. The SMILES string of the molecule is COc1ccc(/C=C2/SC(=S)N(NS(=O)(=O)c3ccccc3)C2=O)c(OC)c1. The summed E-state index contributed by atoms with van der Waals surface area (Å²) in [6.45, 7) is 0. The summed E-state index contributed by atoms with van der Waals surface area (Å²) in [7, 11) is -0.896. The molecule has 0 bridgehead atoms. The lowest BCUT2D eigenvalue weighted by Gasteiger charge is -2.15. The fraction of sp³-hybridized carbons (Fsp3) is 0.111. The minimum atomic E-state index is -3.94. The number of nitrogens with zero attached hydrogens (tertiary/aromatic N) is 1. The Kier molecular flexibility index (Phi) is 6.04. The van der Waals surface area contributed by atoms with E-state index >= 15 is 0 Å². The lowest BCUT2D eigenvalue weighted by Crippen LogP contribution is -2.44. The Morgan fingerprint density at radius 2 is 1.82 bits per heavy atom. The summed E-state index contributed by atoms with van der Waals surface area (Å²) in [6.07, 6.45) is 1.59. The van der Waals surface area contributed by atoms with Crippen molar-refractivity contribution in [3.8, 4) is 11.5 Å². The molecular weight excluding hydrogens is 420 g/mol. The zero-order valence-corrected chi connectivity index (χ0v) is 17.4. The van der Waals surface area contributed by atoms with Crippen molar-refractivity contribution in [1.29, 1.82) is 0 Å². The molecule has 10 heteroatoms. The molecule has 7 nitrogen and oxygen atoms in total. The minimum absolute atomic E-state index is 0.0323. The van der Waals surface area contributed by atoms with Gasteiger partial charge in [-0.2, -0.15) is 0 Å². The first kappa shape index (κ1) is 20.3. The number of sulfonamides is 1. The van der Waals surface area contributed by atoms with Crippen LogP contribution in [0.5, 0.6) is 11.5 Å². The number of ether oxygens (including phenoxy) is 2. The molecule has 28 heavy (non-hydrogen) atoms. The Bertz CT molecular complexity index is 1050. The van der Waals surface area contributed by atoms with Crippen LogP contribution in [0.2, 0.25) is 0 Å². The molecule has 0 unspecified atom stereocenters. The maximum Gasteiger partial charge on any atom is 0.281 e. The monoisotopic (exact) mass is 436 g/mol. The predicted molar refractivity (Wildman–Crippen MR) is 111 cm³/mol. The third kappa shape index (κ3) is 4.20. The summed E-state index contributed by atoms with van der Waals surface area (Å²) in [5.41, 5.74) is 0.634. The largest absolute Gasteiger partial charge is 0.497 e. The van der Waals surface area contributed by atoms with Gasteiger partial charge in [0.05, 0.1) is 24.0 Å². The predicted octanol–water partition coefficient (Wildman–Crippen LogP) is 2.80. The number of hydrazine groups is 1. The number of hydrogen-bond acceptors (Lipinski definition) is 7.